The molecule has 0 saturated carbocycles. The monoisotopic (exact) mass is 375 g/mol. The number of hydrogen-bond acceptors (Lipinski definition) is 3. The van der Waals surface area contributed by atoms with Crippen LogP contribution in [0.15, 0.2) is 24.3 Å². The summed E-state index contributed by atoms with van der Waals surface area (Å²) in [6.07, 6.45) is 1.03. The number of Topliss-reactive ketones (excluding diaryl/α,β-unsaturated/α-hetero) is 1. The van der Waals surface area contributed by atoms with E-state index in [0.717, 1.165) is 22.1 Å². The summed E-state index contributed by atoms with van der Waals surface area (Å²) in [6.45, 7) is 6.20. The van der Waals surface area contributed by atoms with Crippen molar-refractivity contribution in [2.24, 2.45) is 0 Å². The molecule has 0 aromatic heterocycles. The van der Waals surface area contributed by atoms with Crippen LogP contribution in [0.25, 0.3) is 0 Å². The van der Waals surface area contributed by atoms with Crippen molar-refractivity contribution < 1.29 is 9.53 Å². The second-order valence-corrected chi connectivity index (χ2v) is 5.90. The number of carbonyl (C=O) groups excluding carboxylic acids is 1. The molecule has 0 radical (unpaired) electrons. The molecule has 1 atom stereocenters. The van der Waals surface area contributed by atoms with Gasteiger partial charge in [0, 0.05) is 28.8 Å². The minimum atomic E-state index is 0.174. The second kappa shape index (κ2) is 8.66. The highest BCUT2D eigenvalue weighted by molar-refractivity contribution is 14.1. The van der Waals surface area contributed by atoms with Gasteiger partial charge >= 0.3 is 0 Å². The SMILES string of the molecule is CCC(C)N(CCOC)CC(=O)c1ccc(I)cc1. The molecule has 0 aliphatic carbocycles. The zero-order valence-electron chi connectivity index (χ0n) is 11.9. The van der Waals surface area contributed by atoms with Gasteiger partial charge in [-0.2, -0.15) is 0 Å². The molecular weight excluding hydrogens is 353 g/mol. The van der Waals surface area contributed by atoms with Gasteiger partial charge in [0.1, 0.15) is 0 Å². The number of rotatable bonds is 8. The van der Waals surface area contributed by atoms with Gasteiger partial charge in [0.05, 0.1) is 13.2 Å². The van der Waals surface area contributed by atoms with Crippen molar-refractivity contribution in [2.45, 2.75) is 26.3 Å². The summed E-state index contributed by atoms with van der Waals surface area (Å²) < 4.78 is 6.26. The molecule has 4 heteroatoms. The largest absolute Gasteiger partial charge is 0.383 e. The third-order valence-corrected chi connectivity index (χ3v) is 4.03. The van der Waals surface area contributed by atoms with Gasteiger partial charge in [0.25, 0.3) is 0 Å². The quantitative estimate of drug-likeness (QED) is 0.516. The maximum Gasteiger partial charge on any atom is 0.176 e. The van der Waals surface area contributed by atoms with Crippen LogP contribution in [0.3, 0.4) is 0 Å². The zero-order valence-corrected chi connectivity index (χ0v) is 14.0. The molecule has 106 valence electrons. The molecular formula is C15H22INO2. The molecule has 0 amide bonds. The molecule has 1 aromatic carbocycles. The highest BCUT2D eigenvalue weighted by Gasteiger charge is 2.16. The van der Waals surface area contributed by atoms with E-state index in [1.54, 1.807) is 7.11 Å². The Morgan fingerprint density at radius 1 is 1.37 bits per heavy atom. The minimum Gasteiger partial charge on any atom is -0.383 e. The van der Waals surface area contributed by atoms with Gasteiger partial charge in [0.15, 0.2) is 5.78 Å². The van der Waals surface area contributed by atoms with Crippen molar-refractivity contribution >= 4 is 28.4 Å². The first kappa shape index (κ1) is 16.6. The van der Waals surface area contributed by atoms with Gasteiger partial charge in [-0.05, 0) is 48.1 Å². The fourth-order valence-electron chi connectivity index (χ4n) is 1.83. The Hall–Kier alpha value is -0.460. The summed E-state index contributed by atoms with van der Waals surface area (Å²) in [5, 5.41) is 0. The van der Waals surface area contributed by atoms with E-state index in [4.69, 9.17) is 4.74 Å². The lowest BCUT2D eigenvalue weighted by Gasteiger charge is -2.27. The highest BCUT2D eigenvalue weighted by atomic mass is 127. The Kier molecular flexibility index (Phi) is 7.56. The van der Waals surface area contributed by atoms with Crippen LogP contribution < -0.4 is 0 Å². The van der Waals surface area contributed by atoms with E-state index in [0.29, 0.717) is 19.2 Å². The summed E-state index contributed by atoms with van der Waals surface area (Å²) in [5.41, 5.74) is 0.783. The van der Waals surface area contributed by atoms with Gasteiger partial charge in [-0.1, -0.05) is 19.1 Å². The summed E-state index contributed by atoms with van der Waals surface area (Å²) in [7, 11) is 1.69. The molecule has 0 bridgehead atoms. The molecule has 0 saturated heterocycles. The van der Waals surface area contributed by atoms with Crippen molar-refractivity contribution in [3.05, 3.63) is 33.4 Å². The van der Waals surface area contributed by atoms with Gasteiger partial charge in [0.2, 0.25) is 0 Å². The second-order valence-electron chi connectivity index (χ2n) is 4.65. The van der Waals surface area contributed by atoms with Crippen LogP contribution in [0, 0.1) is 3.57 Å². The minimum absolute atomic E-state index is 0.174. The molecule has 0 fully saturated rings. The molecule has 1 aromatic rings. The molecule has 0 spiro atoms. The summed E-state index contributed by atoms with van der Waals surface area (Å²) in [4.78, 5) is 14.4. The van der Waals surface area contributed by atoms with Crippen LogP contribution in [-0.4, -0.2) is 43.5 Å². The first-order valence-electron chi connectivity index (χ1n) is 6.60. The number of halogens is 1. The average Bonchev–Trinajstić information content (AvgIpc) is 2.43. The molecule has 1 rings (SSSR count). The maximum absolute atomic E-state index is 12.3. The fraction of sp³-hybridized carbons (Fsp3) is 0.533. The average molecular weight is 375 g/mol. The van der Waals surface area contributed by atoms with Crippen LogP contribution in [0.5, 0.6) is 0 Å². The van der Waals surface area contributed by atoms with Gasteiger partial charge in [-0.15, -0.1) is 0 Å². The van der Waals surface area contributed by atoms with E-state index in [2.05, 4.69) is 41.3 Å². The number of carbonyl (C=O) groups is 1. The Morgan fingerprint density at radius 3 is 2.53 bits per heavy atom. The lowest BCUT2D eigenvalue weighted by Crippen LogP contribution is -2.39. The molecule has 3 nitrogen and oxygen atoms in total. The molecule has 0 aliphatic heterocycles. The molecule has 0 heterocycles. The fourth-order valence-corrected chi connectivity index (χ4v) is 2.19. The van der Waals surface area contributed by atoms with Gasteiger partial charge in [-0.3, -0.25) is 9.69 Å². The number of nitrogens with zero attached hydrogens (tertiary/aromatic N) is 1. The Morgan fingerprint density at radius 2 is 2.00 bits per heavy atom. The maximum atomic E-state index is 12.3. The zero-order chi connectivity index (χ0) is 14.3. The van der Waals surface area contributed by atoms with Crippen molar-refractivity contribution in [3.63, 3.8) is 0 Å². The standard InChI is InChI=1S/C15H22INO2/c1-4-12(2)17(9-10-19-3)11-15(18)13-5-7-14(16)8-6-13/h5-8,12H,4,9-11H2,1-3H3. The summed E-state index contributed by atoms with van der Waals surface area (Å²) in [5.74, 6) is 0.174. The van der Waals surface area contributed by atoms with Gasteiger partial charge in [-0.25, -0.2) is 0 Å². The third kappa shape index (κ3) is 5.58. The van der Waals surface area contributed by atoms with Crippen molar-refractivity contribution in [2.75, 3.05) is 26.8 Å². The van der Waals surface area contributed by atoms with Crippen LogP contribution in [0.1, 0.15) is 30.6 Å². The van der Waals surface area contributed by atoms with E-state index < -0.39 is 0 Å². The van der Waals surface area contributed by atoms with Crippen molar-refractivity contribution in [1.82, 2.24) is 4.90 Å². The number of hydrogen-bond donors (Lipinski definition) is 0. The Balaban J connectivity index is 2.66. The lowest BCUT2D eigenvalue weighted by atomic mass is 10.1. The number of benzene rings is 1. The van der Waals surface area contributed by atoms with Crippen molar-refractivity contribution in [1.29, 1.82) is 0 Å². The Labute approximate surface area is 129 Å². The van der Waals surface area contributed by atoms with Crippen LogP contribution in [0.4, 0.5) is 0 Å². The van der Waals surface area contributed by atoms with E-state index in [1.165, 1.54) is 0 Å². The number of ether oxygens (including phenoxy) is 1. The normalized spacial score (nSPS) is 12.7. The molecule has 19 heavy (non-hydrogen) atoms. The van der Waals surface area contributed by atoms with Gasteiger partial charge < -0.3 is 4.74 Å². The number of ketones is 1. The molecule has 0 aliphatic rings. The number of methoxy groups -OCH3 is 1. The first-order valence-corrected chi connectivity index (χ1v) is 7.68. The van der Waals surface area contributed by atoms with Crippen molar-refractivity contribution in [3.8, 4) is 0 Å². The molecule has 0 N–H and O–H groups in total. The van der Waals surface area contributed by atoms with Crippen LogP contribution >= 0.6 is 22.6 Å². The summed E-state index contributed by atoms with van der Waals surface area (Å²) >= 11 is 2.24. The predicted octanol–water partition coefficient (Wildman–Crippen LogP) is 3.22. The molecule has 1 unspecified atom stereocenters. The van der Waals surface area contributed by atoms with E-state index in [-0.39, 0.29) is 5.78 Å². The Bertz CT molecular complexity index is 392. The summed E-state index contributed by atoms with van der Waals surface area (Å²) in [6, 6.07) is 8.13. The highest BCUT2D eigenvalue weighted by Crippen LogP contribution is 2.10. The smallest absolute Gasteiger partial charge is 0.176 e. The van der Waals surface area contributed by atoms with E-state index >= 15 is 0 Å². The van der Waals surface area contributed by atoms with E-state index in [1.807, 2.05) is 24.3 Å². The van der Waals surface area contributed by atoms with Crippen LogP contribution in [-0.2, 0) is 4.74 Å². The topological polar surface area (TPSA) is 29.5 Å². The van der Waals surface area contributed by atoms with Crippen LogP contribution in [0.2, 0.25) is 0 Å². The predicted molar refractivity (Wildman–Crippen MR) is 86.7 cm³/mol. The lowest BCUT2D eigenvalue weighted by molar-refractivity contribution is 0.0834. The van der Waals surface area contributed by atoms with E-state index in [9.17, 15) is 4.79 Å². The first-order chi connectivity index (χ1) is 9.08. The third-order valence-electron chi connectivity index (χ3n) is 3.31.